The quantitative estimate of drug-likeness (QED) is 0.811. The summed E-state index contributed by atoms with van der Waals surface area (Å²) >= 11 is 0. The maximum Gasteiger partial charge on any atom is 0.259 e. The van der Waals surface area contributed by atoms with E-state index in [0.29, 0.717) is 37.1 Å². The number of rotatable bonds is 5. The third-order valence-corrected chi connectivity index (χ3v) is 5.92. The van der Waals surface area contributed by atoms with Gasteiger partial charge in [-0.2, -0.15) is 0 Å². The van der Waals surface area contributed by atoms with Crippen LogP contribution < -0.4 is 4.74 Å². The molecule has 2 amide bonds. The van der Waals surface area contributed by atoms with Crippen molar-refractivity contribution in [2.24, 2.45) is 11.3 Å². The van der Waals surface area contributed by atoms with Crippen LogP contribution in [-0.4, -0.2) is 59.4 Å². The van der Waals surface area contributed by atoms with Crippen molar-refractivity contribution in [2.75, 3.05) is 32.8 Å². The van der Waals surface area contributed by atoms with E-state index < -0.39 is 0 Å². The van der Waals surface area contributed by atoms with Crippen LogP contribution in [0.25, 0.3) is 0 Å². The molecule has 3 aliphatic rings. The molecule has 0 N–H and O–H groups in total. The first-order chi connectivity index (χ1) is 12.6. The molecule has 2 aliphatic heterocycles. The molecule has 4 rings (SSSR count). The van der Waals surface area contributed by atoms with E-state index in [1.165, 1.54) is 12.8 Å². The monoisotopic (exact) mass is 357 g/mol. The smallest absolute Gasteiger partial charge is 0.259 e. The Labute approximate surface area is 154 Å². The molecule has 6 nitrogen and oxygen atoms in total. The number of ether oxygens (including phenoxy) is 1. The highest BCUT2D eigenvalue weighted by Gasteiger charge is 2.50. The molecular formula is C20H27N3O3. The van der Waals surface area contributed by atoms with Crippen LogP contribution in [0.2, 0.25) is 0 Å². The van der Waals surface area contributed by atoms with Gasteiger partial charge in [-0.3, -0.25) is 9.59 Å². The molecule has 0 aromatic carbocycles. The van der Waals surface area contributed by atoms with E-state index in [-0.39, 0.29) is 17.2 Å². The van der Waals surface area contributed by atoms with Crippen LogP contribution in [0.5, 0.6) is 5.88 Å². The third-order valence-electron chi connectivity index (χ3n) is 5.92. The lowest BCUT2D eigenvalue weighted by Crippen LogP contribution is -2.51. The second kappa shape index (κ2) is 6.89. The van der Waals surface area contributed by atoms with Crippen LogP contribution in [0, 0.1) is 11.3 Å². The Morgan fingerprint density at radius 2 is 2.19 bits per heavy atom. The first-order valence-electron chi connectivity index (χ1n) is 9.79. The van der Waals surface area contributed by atoms with Crippen molar-refractivity contribution in [3.8, 4) is 5.88 Å². The molecule has 1 spiro atoms. The minimum Gasteiger partial charge on any atom is -0.477 e. The molecule has 1 atom stereocenters. The van der Waals surface area contributed by atoms with Gasteiger partial charge < -0.3 is 14.5 Å². The molecule has 3 fully saturated rings. The van der Waals surface area contributed by atoms with Crippen LogP contribution in [0.15, 0.2) is 18.3 Å². The Hall–Kier alpha value is -2.11. The van der Waals surface area contributed by atoms with E-state index in [9.17, 15) is 9.59 Å². The molecule has 0 radical (unpaired) electrons. The van der Waals surface area contributed by atoms with E-state index >= 15 is 0 Å². The van der Waals surface area contributed by atoms with Crippen LogP contribution in [0.3, 0.4) is 0 Å². The lowest BCUT2D eigenvalue weighted by molar-refractivity contribution is -0.145. The summed E-state index contributed by atoms with van der Waals surface area (Å²) in [4.78, 5) is 34.2. The summed E-state index contributed by atoms with van der Waals surface area (Å²) in [6, 6.07) is 3.51. The molecule has 26 heavy (non-hydrogen) atoms. The summed E-state index contributed by atoms with van der Waals surface area (Å²) in [6.45, 7) is 5.28. The fraction of sp³-hybridized carbons (Fsp3) is 0.650. The van der Waals surface area contributed by atoms with Gasteiger partial charge in [0.25, 0.3) is 5.91 Å². The van der Waals surface area contributed by atoms with Gasteiger partial charge in [0.2, 0.25) is 11.8 Å². The molecular weight excluding hydrogens is 330 g/mol. The van der Waals surface area contributed by atoms with E-state index in [4.69, 9.17) is 4.74 Å². The topological polar surface area (TPSA) is 62.7 Å². The predicted octanol–water partition coefficient (Wildman–Crippen LogP) is 2.35. The Balaban J connectivity index is 1.49. The van der Waals surface area contributed by atoms with Crippen molar-refractivity contribution in [3.05, 3.63) is 23.9 Å². The second-order valence-electron chi connectivity index (χ2n) is 7.84. The largest absolute Gasteiger partial charge is 0.477 e. The van der Waals surface area contributed by atoms with Crippen molar-refractivity contribution < 1.29 is 14.3 Å². The van der Waals surface area contributed by atoms with E-state index in [0.717, 1.165) is 32.4 Å². The van der Waals surface area contributed by atoms with Gasteiger partial charge in [-0.1, -0.05) is 0 Å². The van der Waals surface area contributed by atoms with E-state index in [2.05, 4.69) is 9.88 Å². The second-order valence-corrected chi connectivity index (χ2v) is 7.84. The number of nitrogens with zero attached hydrogens (tertiary/aromatic N) is 3. The van der Waals surface area contributed by atoms with Gasteiger partial charge >= 0.3 is 0 Å². The minimum atomic E-state index is -0.378. The molecule has 0 bridgehead atoms. The van der Waals surface area contributed by atoms with Crippen molar-refractivity contribution in [1.82, 2.24) is 14.8 Å². The number of likely N-dealkylation sites (tertiary alicyclic amines) is 2. The molecule has 1 aromatic rings. The summed E-state index contributed by atoms with van der Waals surface area (Å²) in [6.07, 6.45) is 6.83. The highest BCUT2D eigenvalue weighted by atomic mass is 16.5. The van der Waals surface area contributed by atoms with Crippen molar-refractivity contribution in [1.29, 1.82) is 0 Å². The maximum atomic E-state index is 13.1. The standard InChI is InChI=1S/C20H27N3O3/c1-2-26-17-16(5-3-10-21-17)18(24)23-12-9-20(14-23)8-4-11-22(19(20)25)13-15-6-7-15/h3,5,10,15H,2,4,6-9,11-14H2,1H3. The van der Waals surface area contributed by atoms with Crippen LogP contribution in [-0.2, 0) is 4.79 Å². The zero-order valence-corrected chi connectivity index (χ0v) is 15.4. The fourth-order valence-corrected chi connectivity index (χ4v) is 4.34. The van der Waals surface area contributed by atoms with Crippen LogP contribution in [0.4, 0.5) is 0 Å². The van der Waals surface area contributed by atoms with Gasteiger partial charge in [-0.25, -0.2) is 4.98 Å². The number of carbonyl (C=O) groups is 2. The van der Waals surface area contributed by atoms with Crippen molar-refractivity contribution in [2.45, 2.75) is 39.0 Å². The number of amides is 2. The molecule has 140 valence electrons. The number of carbonyl (C=O) groups excluding carboxylic acids is 2. The molecule has 6 heteroatoms. The number of pyridine rings is 1. The van der Waals surface area contributed by atoms with Crippen molar-refractivity contribution in [3.63, 3.8) is 0 Å². The van der Waals surface area contributed by atoms with Crippen LogP contribution >= 0.6 is 0 Å². The first kappa shape index (κ1) is 17.3. The average molecular weight is 357 g/mol. The Kier molecular flexibility index (Phi) is 4.59. The Morgan fingerprint density at radius 3 is 2.96 bits per heavy atom. The molecule has 3 heterocycles. The molecule has 1 aromatic heterocycles. The predicted molar refractivity (Wildman–Crippen MR) is 96.9 cm³/mol. The van der Waals surface area contributed by atoms with Gasteiger partial charge in [0.1, 0.15) is 5.56 Å². The van der Waals surface area contributed by atoms with E-state index in [1.54, 1.807) is 18.3 Å². The summed E-state index contributed by atoms with van der Waals surface area (Å²) in [5.41, 5.74) is 0.112. The first-order valence-corrected chi connectivity index (χ1v) is 9.79. The van der Waals surface area contributed by atoms with Gasteiger partial charge in [0.15, 0.2) is 0 Å². The average Bonchev–Trinajstić information content (AvgIpc) is 3.37. The third kappa shape index (κ3) is 3.17. The fourth-order valence-electron chi connectivity index (χ4n) is 4.34. The molecule has 1 unspecified atom stereocenters. The van der Waals surface area contributed by atoms with Gasteiger partial charge in [-0.05, 0) is 57.1 Å². The number of piperidine rings is 1. The van der Waals surface area contributed by atoms with Gasteiger partial charge in [0.05, 0.1) is 12.0 Å². The molecule has 1 saturated carbocycles. The maximum absolute atomic E-state index is 13.1. The van der Waals surface area contributed by atoms with Gasteiger partial charge in [-0.15, -0.1) is 0 Å². The lowest BCUT2D eigenvalue weighted by Gasteiger charge is -2.39. The zero-order valence-electron chi connectivity index (χ0n) is 15.4. The zero-order chi connectivity index (χ0) is 18.1. The SMILES string of the molecule is CCOc1ncccc1C(=O)N1CCC2(CCCN(CC3CC3)C2=O)C1. The van der Waals surface area contributed by atoms with Crippen LogP contribution in [0.1, 0.15) is 49.4 Å². The Bertz CT molecular complexity index is 703. The van der Waals surface area contributed by atoms with E-state index in [1.807, 2.05) is 11.8 Å². The molecule has 1 aliphatic carbocycles. The summed E-state index contributed by atoms with van der Waals surface area (Å²) in [5.74, 6) is 1.27. The normalized spacial score (nSPS) is 25.8. The van der Waals surface area contributed by atoms with Crippen molar-refractivity contribution >= 4 is 11.8 Å². The summed E-state index contributed by atoms with van der Waals surface area (Å²) < 4.78 is 5.51. The Morgan fingerprint density at radius 1 is 1.35 bits per heavy atom. The van der Waals surface area contributed by atoms with Gasteiger partial charge in [0, 0.05) is 32.4 Å². The summed E-state index contributed by atoms with van der Waals surface area (Å²) in [7, 11) is 0. The number of hydrogen-bond donors (Lipinski definition) is 0. The number of aromatic nitrogens is 1. The highest BCUT2D eigenvalue weighted by molar-refractivity contribution is 5.97. The minimum absolute atomic E-state index is 0.0782. The highest BCUT2D eigenvalue weighted by Crippen LogP contribution is 2.42. The lowest BCUT2D eigenvalue weighted by atomic mass is 9.78. The number of hydrogen-bond acceptors (Lipinski definition) is 4. The summed E-state index contributed by atoms with van der Waals surface area (Å²) in [5, 5.41) is 0. The molecule has 2 saturated heterocycles.